The van der Waals surface area contributed by atoms with E-state index in [4.69, 9.17) is 0 Å². The molecular formula is C22H22BN9. The molecule has 2 fully saturated rings. The number of hydrogen-bond acceptors (Lipinski definition) is 7. The maximum absolute atomic E-state index is 9.48. The molecule has 0 radical (unpaired) electrons. The molecule has 1 aromatic carbocycles. The Morgan fingerprint density at radius 2 is 2.00 bits per heavy atom. The van der Waals surface area contributed by atoms with Crippen LogP contribution in [0.3, 0.4) is 0 Å². The zero-order chi connectivity index (χ0) is 21.7. The van der Waals surface area contributed by atoms with Crippen molar-refractivity contribution < 1.29 is 0 Å². The van der Waals surface area contributed by atoms with E-state index in [1.54, 1.807) is 17.1 Å². The van der Waals surface area contributed by atoms with Gasteiger partial charge in [-0.3, -0.25) is 5.10 Å². The second-order valence-electron chi connectivity index (χ2n) is 8.90. The molecule has 158 valence electrons. The standard InChI is InChI=1S/C22H22BN9/c1-31(16-10-14-2-3-15(11-16)23(14)13-24)21-7-5-19(27-28-21)17-4-6-20(32-9-8-25-30-32)18-12-26-29-22(17)18/h4-9,12,14-16H,2-3,10-11H2,1H3,(H,26,29). The van der Waals surface area contributed by atoms with Gasteiger partial charge in [-0.1, -0.05) is 18.1 Å². The van der Waals surface area contributed by atoms with Crippen molar-refractivity contribution >= 4 is 23.4 Å². The summed E-state index contributed by atoms with van der Waals surface area (Å²) in [5.74, 6) is 4.47. The van der Waals surface area contributed by atoms with Gasteiger partial charge >= 0.3 is 0 Å². The van der Waals surface area contributed by atoms with E-state index in [9.17, 15) is 5.26 Å². The minimum atomic E-state index is 0.241. The van der Waals surface area contributed by atoms with Crippen molar-refractivity contribution in [1.29, 1.82) is 5.26 Å². The van der Waals surface area contributed by atoms with Gasteiger partial charge in [0.25, 0.3) is 6.71 Å². The van der Waals surface area contributed by atoms with Crippen LogP contribution in [0.4, 0.5) is 5.82 Å². The smallest absolute Gasteiger partial charge is 0.274 e. The fourth-order valence-corrected chi connectivity index (χ4v) is 5.64. The van der Waals surface area contributed by atoms with E-state index in [0.717, 1.165) is 46.5 Å². The highest BCUT2D eigenvalue weighted by molar-refractivity contribution is 6.70. The minimum absolute atomic E-state index is 0.241. The van der Waals surface area contributed by atoms with E-state index in [1.165, 1.54) is 12.8 Å². The molecule has 0 amide bonds. The summed E-state index contributed by atoms with van der Waals surface area (Å²) in [6, 6.07) is 8.46. The number of fused-ring (bicyclic) bond motifs is 3. The number of aromatic amines is 1. The number of benzene rings is 1. The van der Waals surface area contributed by atoms with Crippen LogP contribution < -0.4 is 4.90 Å². The van der Waals surface area contributed by atoms with Gasteiger partial charge in [-0.2, -0.15) is 5.10 Å². The zero-order valence-electron chi connectivity index (χ0n) is 17.8. The Morgan fingerprint density at radius 3 is 2.69 bits per heavy atom. The van der Waals surface area contributed by atoms with E-state index in [-0.39, 0.29) is 6.71 Å². The van der Waals surface area contributed by atoms with Crippen molar-refractivity contribution in [3.05, 3.63) is 42.9 Å². The molecule has 4 aromatic rings. The monoisotopic (exact) mass is 423 g/mol. The molecule has 2 saturated heterocycles. The number of nitriles is 1. The van der Waals surface area contributed by atoms with E-state index >= 15 is 0 Å². The van der Waals surface area contributed by atoms with Crippen LogP contribution in [0.15, 0.2) is 42.9 Å². The topological polar surface area (TPSA) is 112 Å². The first-order chi connectivity index (χ1) is 15.7. The van der Waals surface area contributed by atoms with Crippen molar-refractivity contribution in [3.63, 3.8) is 0 Å². The molecule has 1 N–H and O–H groups in total. The first-order valence-corrected chi connectivity index (χ1v) is 11.0. The molecule has 10 heteroatoms. The Morgan fingerprint density at radius 1 is 1.16 bits per heavy atom. The predicted molar refractivity (Wildman–Crippen MR) is 122 cm³/mol. The van der Waals surface area contributed by atoms with Crippen LogP contribution in [0.1, 0.15) is 25.7 Å². The van der Waals surface area contributed by atoms with Crippen molar-refractivity contribution in [1.82, 2.24) is 35.4 Å². The van der Waals surface area contributed by atoms with Crippen molar-refractivity contribution in [2.75, 3.05) is 11.9 Å². The first-order valence-electron chi connectivity index (χ1n) is 11.0. The Hall–Kier alpha value is -3.74. The Balaban J connectivity index is 1.27. The van der Waals surface area contributed by atoms with Gasteiger partial charge in [0.2, 0.25) is 0 Å². The van der Waals surface area contributed by atoms with Gasteiger partial charge in [-0.25, -0.2) is 9.94 Å². The number of nitrogens with one attached hydrogen (secondary N) is 1. The lowest BCUT2D eigenvalue weighted by molar-refractivity contribution is 0.515. The van der Waals surface area contributed by atoms with Crippen LogP contribution in [0.25, 0.3) is 27.8 Å². The molecule has 32 heavy (non-hydrogen) atoms. The van der Waals surface area contributed by atoms with Gasteiger partial charge in [-0.05, 0) is 48.7 Å². The number of aromatic nitrogens is 7. The molecule has 0 aliphatic carbocycles. The maximum Gasteiger partial charge on any atom is 0.274 e. The quantitative estimate of drug-likeness (QED) is 0.501. The van der Waals surface area contributed by atoms with Gasteiger partial charge in [-0.15, -0.1) is 15.3 Å². The second kappa shape index (κ2) is 7.44. The maximum atomic E-state index is 9.48. The van der Waals surface area contributed by atoms with Gasteiger partial charge in [0.1, 0.15) is 0 Å². The van der Waals surface area contributed by atoms with Gasteiger partial charge < -0.3 is 4.90 Å². The lowest BCUT2D eigenvalue weighted by Crippen LogP contribution is -2.40. The number of nitrogens with zero attached hydrogens (tertiary/aromatic N) is 8. The largest absolute Gasteiger partial charge is 0.355 e. The van der Waals surface area contributed by atoms with E-state index in [0.29, 0.717) is 17.7 Å². The third-order valence-corrected chi connectivity index (χ3v) is 7.32. The highest BCUT2D eigenvalue weighted by atomic mass is 15.4. The summed E-state index contributed by atoms with van der Waals surface area (Å²) >= 11 is 0. The van der Waals surface area contributed by atoms with Crippen LogP contribution in [0.5, 0.6) is 0 Å². The summed E-state index contributed by atoms with van der Waals surface area (Å²) in [7, 11) is 2.10. The van der Waals surface area contributed by atoms with Crippen LogP contribution in [-0.2, 0) is 0 Å². The summed E-state index contributed by atoms with van der Waals surface area (Å²) < 4.78 is 1.72. The van der Waals surface area contributed by atoms with Crippen LogP contribution in [-0.4, -0.2) is 55.2 Å². The number of anilines is 1. The molecule has 3 aromatic heterocycles. The highest BCUT2D eigenvalue weighted by Crippen LogP contribution is 2.50. The van der Waals surface area contributed by atoms with Crippen LogP contribution in [0.2, 0.25) is 11.6 Å². The van der Waals surface area contributed by atoms with Crippen LogP contribution >= 0.6 is 0 Å². The molecule has 2 bridgehead atoms. The lowest BCUT2D eigenvalue weighted by atomic mass is 9.35. The average Bonchev–Trinajstić information content (AvgIpc) is 3.58. The molecule has 2 aliphatic heterocycles. The lowest BCUT2D eigenvalue weighted by Gasteiger charge is -2.36. The predicted octanol–water partition coefficient (Wildman–Crippen LogP) is 3.29. The molecule has 9 nitrogen and oxygen atoms in total. The van der Waals surface area contributed by atoms with Gasteiger partial charge in [0.15, 0.2) is 5.82 Å². The average molecular weight is 423 g/mol. The van der Waals surface area contributed by atoms with Crippen molar-refractivity contribution in [3.8, 4) is 22.9 Å². The SMILES string of the molecule is CN(c1ccc(-c2ccc(-n3ccnn3)c3cn[nH]c23)nn1)C1CC2CCC(C1)B2C#N. The summed E-state index contributed by atoms with van der Waals surface area (Å²) in [6.07, 6.45) is 9.74. The molecular weight excluding hydrogens is 401 g/mol. The third-order valence-electron chi connectivity index (χ3n) is 7.32. The van der Waals surface area contributed by atoms with Crippen LogP contribution in [0, 0.1) is 11.2 Å². The molecule has 2 aliphatic rings. The fourth-order valence-electron chi connectivity index (χ4n) is 5.64. The third kappa shape index (κ3) is 2.96. The summed E-state index contributed by atoms with van der Waals surface area (Å²) in [5.41, 5.74) is 3.52. The molecule has 2 atom stereocenters. The number of hydrogen-bond donors (Lipinski definition) is 1. The van der Waals surface area contributed by atoms with E-state index in [2.05, 4.69) is 48.6 Å². The normalized spacial score (nSPS) is 22.2. The summed E-state index contributed by atoms with van der Waals surface area (Å²) in [5, 5.41) is 34.8. The molecule has 5 heterocycles. The van der Waals surface area contributed by atoms with Gasteiger partial charge in [0.05, 0.1) is 35.5 Å². The molecule has 2 unspecified atom stereocenters. The summed E-state index contributed by atoms with van der Waals surface area (Å²) in [6.45, 7) is 0.241. The van der Waals surface area contributed by atoms with Gasteiger partial charge in [0, 0.05) is 30.0 Å². The minimum Gasteiger partial charge on any atom is -0.355 e. The molecule has 6 rings (SSSR count). The Labute approximate surface area is 185 Å². The Bertz CT molecular complexity index is 1280. The van der Waals surface area contributed by atoms with E-state index < -0.39 is 0 Å². The molecule has 0 spiro atoms. The van der Waals surface area contributed by atoms with E-state index in [1.807, 2.05) is 30.5 Å². The summed E-state index contributed by atoms with van der Waals surface area (Å²) in [4.78, 5) is 2.25. The Kier molecular flexibility index (Phi) is 4.42. The highest BCUT2D eigenvalue weighted by Gasteiger charge is 2.47. The number of rotatable bonds is 4. The van der Waals surface area contributed by atoms with Crippen molar-refractivity contribution in [2.45, 2.75) is 43.4 Å². The second-order valence-corrected chi connectivity index (χ2v) is 8.90. The first kappa shape index (κ1) is 19.0. The number of H-pyrrole nitrogens is 1. The fraction of sp³-hybridized carbons (Fsp3) is 0.364. The van der Waals surface area contributed by atoms with Crippen molar-refractivity contribution in [2.24, 2.45) is 0 Å². The zero-order valence-corrected chi connectivity index (χ0v) is 17.8. The molecule has 0 saturated carbocycles.